The van der Waals surface area contributed by atoms with Crippen molar-refractivity contribution in [2.24, 2.45) is 0 Å². The maximum atomic E-state index is 5.42. The van der Waals surface area contributed by atoms with E-state index in [-0.39, 0.29) is 0 Å². The predicted octanol–water partition coefficient (Wildman–Crippen LogP) is 10.3. The Morgan fingerprint density at radius 2 is 0.479 bits per heavy atom. The fraction of sp³-hybridized carbons (Fsp3) is 0. The fourth-order valence-electron chi connectivity index (χ4n) is 5.77. The zero-order valence-corrected chi connectivity index (χ0v) is 26.0. The Morgan fingerprint density at radius 1 is 0.208 bits per heavy atom. The molecule has 0 aliphatic heterocycles. The SMILES string of the molecule is c1ccc(-c2nc(-c3ccccc3)nc(-c3cccc(-c4nc(-c5ccccc5)c(-c5ccccc5)nc4-c4ccccc4)c3)n2)cc1. The van der Waals surface area contributed by atoms with Gasteiger partial charge in [0.25, 0.3) is 0 Å². The number of aromatic nitrogens is 5. The highest BCUT2D eigenvalue weighted by atomic mass is 15.0. The number of hydrogen-bond donors (Lipinski definition) is 0. The molecule has 0 bridgehead atoms. The Balaban J connectivity index is 1.34. The topological polar surface area (TPSA) is 64.5 Å². The molecule has 2 heterocycles. The molecule has 0 amide bonds. The highest BCUT2D eigenvalue weighted by Gasteiger charge is 2.20. The average molecular weight is 616 g/mol. The quantitative estimate of drug-likeness (QED) is 0.178. The van der Waals surface area contributed by atoms with E-state index in [9.17, 15) is 0 Å². The molecule has 0 saturated carbocycles. The second-order valence-corrected chi connectivity index (χ2v) is 11.3. The summed E-state index contributed by atoms with van der Waals surface area (Å²) < 4.78 is 0. The van der Waals surface area contributed by atoms with Crippen LogP contribution in [0.15, 0.2) is 176 Å². The third-order valence-electron chi connectivity index (χ3n) is 8.13. The summed E-state index contributed by atoms with van der Waals surface area (Å²) in [7, 11) is 0. The molecule has 8 aromatic rings. The van der Waals surface area contributed by atoms with Crippen molar-refractivity contribution in [1.29, 1.82) is 0 Å². The molecular weight excluding hydrogens is 587 g/mol. The van der Waals surface area contributed by atoms with Gasteiger partial charge in [-0.25, -0.2) is 24.9 Å². The molecule has 8 rings (SSSR count). The second-order valence-electron chi connectivity index (χ2n) is 11.3. The van der Waals surface area contributed by atoms with Crippen molar-refractivity contribution in [3.8, 4) is 79.2 Å². The van der Waals surface area contributed by atoms with Gasteiger partial charge in [-0.15, -0.1) is 0 Å². The summed E-state index contributed by atoms with van der Waals surface area (Å²) in [6, 6.07) is 59.0. The third-order valence-corrected chi connectivity index (χ3v) is 8.13. The lowest BCUT2D eigenvalue weighted by atomic mass is 9.98. The first kappa shape index (κ1) is 28.9. The van der Waals surface area contributed by atoms with Crippen molar-refractivity contribution < 1.29 is 0 Å². The minimum absolute atomic E-state index is 0.586. The Kier molecular flexibility index (Phi) is 7.83. The highest BCUT2D eigenvalue weighted by molar-refractivity contribution is 5.87. The van der Waals surface area contributed by atoms with Crippen LogP contribution < -0.4 is 0 Å². The van der Waals surface area contributed by atoms with Crippen LogP contribution in [-0.2, 0) is 0 Å². The number of nitrogens with zero attached hydrogens (tertiary/aromatic N) is 5. The second kappa shape index (κ2) is 13.0. The minimum Gasteiger partial charge on any atom is -0.243 e. The van der Waals surface area contributed by atoms with Gasteiger partial charge in [0.2, 0.25) is 0 Å². The van der Waals surface area contributed by atoms with Gasteiger partial charge in [-0.1, -0.05) is 170 Å². The largest absolute Gasteiger partial charge is 0.243 e. The summed E-state index contributed by atoms with van der Waals surface area (Å²) in [6.45, 7) is 0. The Morgan fingerprint density at radius 3 is 0.854 bits per heavy atom. The molecule has 0 aliphatic carbocycles. The fourth-order valence-corrected chi connectivity index (χ4v) is 5.77. The smallest absolute Gasteiger partial charge is 0.164 e. The van der Waals surface area contributed by atoms with E-state index in [0.717, 1.165) is 61.7 Å². The van der Waals surface area contributed by atoms with E-state index >= 15 is 0 Å². The number of hydrogen-bond acceptors (Lipinski definition) is 5. The lowest BCUT2D eigenvalue weighted by Crippen LogP contribution is -2.02. The van der Waals surface area contributed by atoms with E-state index in [2.05, 4.69) is 48.5 Å². The normalized spacial score (nSPS) is 10.9. The first-order chi connectivity index (χ1) is 23.8. The van der Waals surface area contributed by atoms with Gasteiger partial charge in [-0.3, -0.25) is 0 Å². The molecule has 2 aromatic heterocycles. The monoisotopic (exact) mass is 615 g/mol. The summed E-state index contributed by atoms with van der Waals surface area (Å²) in [5, 5.41) is 0. The Hall–Kier alpha value is -6.59. The van der Waals surface area contributed by atoms with Gasteiger partial charge < -0.3 is 0 Å². The Labute approximate surface area is 279 Å². The Bertz CT molecular complexity index is 2250. The lowest BCUT2D eigenvalue weighted by Gasteiger charge is -2.16. The van der Waals surface area contributed by atoms with Crippen LogP contribution in [-0.4, -0.2) is 24.9 Å². The van der Waals surface area contributed by atoms with Gasteiger partial charge in [0.05, 0.1) is 22.8 Å². The standard InChI is InChI=1S/C43H29N5/c1-6-17-30(18-7-1)37-38(31-19-8-2-9-20-31)45-40(39(44-37)32-21-10-3-11-22-32)35-27-16-28-36(29-35)43-47-41(33-23-12-4-13-24-33)46-42(48-43)34-25-14-5-15-26-34/h1-29H. The van der Waals surface area contributed by atoms with Crippen molar-refractivity contribution in [3.05, 3.63) is 176 Å². The molecule has 48 heavy (non-hydrogen) atoms. The molecule has 226 valence electrons. The van der Waals surface area contributed by atoms with E-state index in [1.54, 1.807) is 0 Å². The van der Waals surface area contributed by atoms with E-state index in [0.29, 0.717) is 17.5 Å². The summed E-state index contributed by atoms with van der Waals surface area (Å²) in [5.74, 6) is 1.82. The summed E-state index contributed by atoms with van der Waals surface area (Å²) >= 11 is 0. The van der Waals surface area contributed by atoms with E-state index in [1.165, 1.54) is 0 Å². The molecule has 0 N–H and O–H groups in total. The van der Waals surface area contributed by atoms with Crippen LogP contribution in [0.3, 0.4) is 0 Å². The van der Waals surface area contributed by atoms with Gasteiger partial charge in [0.1, 0.15) is 0 Å². The maximum Gasteiger partial charge on any atom is 0.164 e. The average Bonchev–Trinajstić information content (AvgIpc) is 3.19. The van der Waals surface area contributed by atoms with Gasteiger partial charge in [0, 0.05) is 38.9 Å². The van der Waals surface area contributed by atoms with Gasteiger partial charge in [0.15, 0.2) is 17.5 Å². The first-order valence-electron chi connectivity index (χ1n) is 15.9. The highest BCUT2D eigenvalue weighted by Crippen LogP contribution is 2.38. The zero-order chi connectivity index (χ0) is 32.1. The lowest BCUT2D eigenvalue weighted by molar-refractivity contribution is 1.07. The summed E-state index contributed by atoms with van der Waals surface area (Å²) in [6.07, 6.45) is 0. The first-order valence-corrected chi connectivity index (χ1v) is 15.9. The van der Waals surface area contributed by atoms with Gasteiger partial charge in [-0.05, 0) is 6.07 Å². The molecule has 5 nitrogen and oxygen atoms in total. The number of rotatable bonds is 7. The number of benzene rings is 6. The molecule has 0 radical (unpaired) electrons. The maximum absolute atomic E-state index is 5.42. The summed E-state index contributed by atoms with van der Waals surface area (Å²) in [4.78, 5) is 25.6. The molecule has 0 spiro atoms. The molecular formula is C43H29N5. The molecule has 6 aromatic carbocycles. The summed E-state index contributed by atoms with van der Waals surface area (Å²) in [5.41, 5.74) is 9.85. The van der Waals surface area contributed by atoms with Crippen LogP contribution >= 0.6 is 0 Å². The van der Waals surface area contributed by atoms with Crippen LogP contribution in [0.25, 0.3) is 79.2 Å². The van der Waals surface area contributed by atoms with Crippen molar-refractivity contribution >= 4 is 0 Å². The molecule has 0 atom stereocenters. The van der Waals surface area contributed by atoms with Crippen molar-refractivity contribution in [2.45, 2.75) is 0 Å². The van der Waals surface area contributed by atoms with Crippen molar-refractivity contribution in [2.75, 3.05) is 0 Å². The van der Waals surface area contributed by atoms with Gasteiger partial charge in [-0.2, -0.15) is 0 Å². The van der Waals surface area contributed by atoms with Crippen LogP contribution in [0.5, 0.6) is 0 Å². The van der Waals surface area contributed by atoms with Crippen LogP contribution in [0, 0.1) is 0 Å². The zero-order valence-electron chi connectivity index (χ0n) is 26.0. The molecule has 0 fully saturated rings. The van der Waals surface area contributed by atoms with Crippen LogP contribution in [0.4, 0.5) is 0 Å². The van der Waals surface area contributed by atoms with Crippen molar-refractivity contribution in [3.63, 3.8) is 0 Å². The minimum atomic E-state index is 0.586. The third kappa shape index (κ3) is 5.88. The van der Waals surface area contributed by atoms with Crippen molar-refractivity contribution in [1.82, 2.24) is 24.9 Å². The molecule has 0 saturated heterocycles. The van der Waals surface area contributed by atoms with E-state index in [4.69, 9.17) is 24.9 Å². The molecule has 0 aliphatic rings. The molecule has 0 unspecified atom stereocenters. The predicted molar refractivity (Wildman–Crippen MR) is 193 cm³/mol. The van der Waals surface area contributed by atoms with E-state index < -0.39 is 0 Å². The van der Waals surface area contributed by atoms with Gasteiger partial charge >= 0.3 is 0 Å². The molecule has 5 heteroatoms. The van der Waals surface area contributed by atoms with Crippen LogP contribution in [0.2, 0.25) is 0 Å². The van der Waals surface area contributed by atoms with E-state index in [1.807, 2.05) is 127 Å². The van der Waals surface area contributed by atoms with Crippen LogP contribution in [0.1, 0.15) is 0 Å².